The predicted molar refractivity (Wildman–Crippen MR) is 108 cm³/mol. The molecule has 1 fully saturated rings. The summed E-state index contributed by atoms with van der Waals surface area (Å²) in [6.07, 6.45) is 4.69. The molecule has 0 spiro atoms. The number of anilines is 1. The van der Waals surface area contributed by atoms with Crippen molar-refractivity contribution in [2.75, 3.05) is 5.32 Å². The fraction of sp³-hybridized carbons (Fsp3) is 0.316. The van der Waals surface area contributed by atoms with Crippen molar-refractivity contribution in [1.82, 2.24) is 4.72 Å². The van der Waals surface area contributed by atoms with Gasteiger partial charge in [-0.3, -0.25) is 4.79 Å². The van der Waals surface area contributed by atoms with E-state index in [4.69, 9.17) is 23.2 Å². The van der Waals surface area contributed by atoms with Gasteiger partial charge >= 0.3 is 0 Å². The van der Waals surface area contributed by atoms with E-state index in [0.29, 0.717) is 5.69 Å². The van der Waals surface area contributed by atoms with Crippen LogP contribution in [0.25, 0.3) is 0 Å². The van der Waals surface area contributed by atoms with Gasteiger partial charge < -0.3 is 5.32 Å². The van der Waals surface area contributed by atoms with Crippen LogP contribution in [0.1, 0.15) is 42.5 Å². The van der Waals surface area contributed by atoms with Crippen molar-refractivity contribution < 1.29 is 13.2 Å². The molecule has 144 valence electrons. The Kier molecular flexibility index (Phi) is 6.42. The van der Waals surface area contributed by atoms with Gasteiger partial charge in [-0.1, -0.05) is 60.7 Å². The second-order valence-electron chi connectivity index (χ2n) is 6.54. The number of rotatable bonds is 5. The van der Waals surface area contributed by atoms with Crippen LogP contribution in [0.3, 0.4) is 0 Å². The number of carbonyl (C=O) groups excluding carboxylic acids is 1. The van der Waals surface area contributed by atoms with Gasteiger partial charge in [0, 0.05) is 11.7 Å². The maximum Gasteiger partial charge on any atom is 0.257 e. The molecule has 27 heavy (non-hydrogen) atoms. The molecule has 1 aliphatic carbocycles. The molecule has 0 bridgehead atoms. The van der Waals surface area contributed by atoms with Gasteiger partial charge in [-0.05, 0) is 37.1 Å². The van der Waals surface area contributed by atoms with Crippen molar-refractivity contribution in [3.8, 4) is 0 Å². The van der Waals surface area contributed by atoms with Crippen molar-refractivity contribution in [1.29, 1.82) is 0 Å². The molecule has 2 aromatic carbocycles. The number of hydrogen-bond acceptors (Lipinski definition) is 3. The Morgan fingerprint density at radius 2 is 1.63 bits per heavy atom. The van der Waals surface area contributed by atoms with Gasteiger partial charge in [0.05, 0.1) is 15.6 Å². The van der Waals surface area contributed by atoms with Crippen LogP contribution in [0.4, 0.5) is 5.69 Å². The van der Waals surface area contributed by atoms with Gasteiger partial charge in [-0.25, -0.2) is 13.1 Å². The van der Waals surface area contributed by atoms with Crippen molar-refractivity contribution in [3.05, 3.63) is 58.1 Å². The second-order valence-corrected chi connectivity index (χ2v) is 9.04. The van der Waals surface area contributed by atoms with Crippen LogP contribution in [0.2, 0.25) is 10.0 Å². The Labute approximate surface area is 169 Å². The summed E-state index contributed by atoms with van der Waals surface area (Å²) < 4.78 is 28.3. The third-order valence-corrected chi connectivity index (χ3v) is 6.81. The number of hydrogen-bond donors (Lipinski definition) is 2. The lowest BCUT2D eigenvalue weighted by Gasteiger charge is -2.23. The highest BCUT2D eigenvalue weighted by molar-refractivity contribution is 7.89. The Balaban J connectivity index is 1.87. The molecular weight excluding hydrogens is 407 g/mol. The fourth-order valence-corrected chi connectivity index (χ4v) is 5.30. The van der Waals surface area contributed by atoms with Gasteiger partial charge in [0.15, 0.2) is 0 Å². The molecule has 1 amide bonds. The third-order valence-electron chi connectivity index (χ3n) is 4.51. The molecule has 0 saturated heterocycles. The van der Waals surface area contributed by atoms with Crippen molar-refractivity contribution in [2.24, 2.45) is 0 Å². The Morgan fingerprint density at radius 1 is 0.963 bits per heavy atom. The zero-order chi connectivity index (χ0) is 19.4. The lowest BCUT2D eigenvalue weighted by Crippen LogP contribution is -2.36. The zero-order valence-corrected chi connectivity index (χ0v) is 16.9. The molecule has 0 unspecified atom stereocenters. The molecule has 1 aliphatic rings. The zero-order valence-electron chi connectivity index (χ0n) is 14.5. The minimum atomic E-state index is -3.86. The van der Waals surface area contributed by atoms with Crippen LogP contribution in [0.15, 0.2) is 47.4 Å². The highest BCUT2D eigenvalue weighted by Crippen LogP contribution is 2.30. The third kappa shape index (κ3) is 5.02. The monoisotopic (exact) mass is 426 g/mol. The Hall–Kier alpha value is -1.60. The maximum atomic E-state index is 12.8. The molecule has 1 saturated carbocycles. The first kappa shape index (κ1) is 20.1. The van der Waals surface area contributed by atoms with Crippen LogP contribution in [-0.4, -0.2) is 20.4 Å². The Bertz CT molecular complexity index is 927. The van der Waals surface area contributed by atoms with E-state index in [2.05, 4.69) is 10.0 Å². The summed E-state index contributed by atoms with van der Waals surface area (Å²) in [5.41, 5.74) is 0.632. The van der Waals surface area contributed by atoms with E-state index < -0.39 is 15.9 Å². The van der Waals surface area contributed by atoms with Gasteiger partial charge in [0.25, 0.3) is 5.91 Å². The van der Waals surface area contributed by atoms with E-state index in [-0.39, 0.29) is 26.5 Å². The average molecular weight is 427 g/mol. The average Bonchev–Trinajstić information content (AvgIpc) is 2.62. The molecule has 5 nitrogen and oxygen atoms in total. The predicted octanol–water partition coefficient (Wildman–Crippen LogP) is 4.86. The first-order chi connectivity index (χ1) is 12.9. The number of amides is 1. The number of para-hydroxylation sites is 1. The fourth-order valence-electron chi connectivity index (χ4n) is 3.13. The highest BCUT2D eigenvalue weighted by Gasteiger charge is 2.26. The number of sulfonamides is 1. The van der Waals surface area contributed by atoms with Crippen LogP contribution < -0.4 is 10.0 Å². The van der Waals surface area contributed by atoms with Crippen LogP contribution >= 0.6 is 23.2 Å². The molecule has 0 atom stereocenters. The SMILES string of the molecule is O=C(Nc1ccccc1)c1cc(S(=O)(=O)NC2CCCCC2)c(Cl)cc1Cl. The number of nitrogens with one attached hydrogen (secondary N) is 2. The summed E-state index contributed by atoms with van der Waals surface area (Å²) in [6, 6.07) is 11.2. The smallest absolute Gasteiger partial charge is 0.257 e. The summed E-state index contributed by atoms with van der Waals surface area (Å²) in [4.78, 5) is 12.4. The van der Waals surface area contributed by atoms with E-state index >= 15 is 0 Å². The van der Waals surface area contributed by atoms with Gasteiger partial charge in [-0.15, -0.1) is 0 Å². The summed E-state index contributed by atoms with van der Waals surface area (Å²) in [6.45, 7) is 0. The Morgan fingerprint density at radius 3 is 2.30 bits per heavy atom. The molecule has 8 heteroatoms. The largest absolute Gasteiger partial charge is 0.322 e. The lowest BCUT2D eigenvalue weighted by atomic mass is 9.96. The van der Waals surface area contributed by atoms with E-state index in [0.717, 1.165) is 32.1 Å². The molecule has 0 aromatic heterocycles. The molecule has 0 radical (unpaired) electrons. The molecule has 0 aliphatic heterocycles. The number of benzene rings is 2. The first-order valence-electron chi connectivity index (χ1n) is 8.74. The number of carbonyl (C=O) groups is 1. The molecule has 0 heterocycles. The van der Waals surface area contributed by atoms with Crippen molar-refractivity contribution in [3.63, 3.8) is 0 Å². The van der Waals surface area contributed by atoms with Gasteiger partial charge in [-0.2, -0.15) is 0 Å². The van der Waals surface area contributed by atoms with Gasteiger partial charge in [0.2, 0.25) is 10.0 Å². The lowest BCUT2D eigenvalue weighted by molar-refractivity contribution is 0.102. The van der Waals surface area contributed by atoms with Crippen LogP contribution in [0, 0.1) is 0 Å². The van der Waals surface area contributed by atoms with Crippen LogP contribution in [-0.2, 0) is 10.0 Å². The molecule has 2 aromatic rings. The second kappa shape index (κ2) is 8.61. The normalized spacial score (nSPS) is 15.5. The quantitative estimate of drug-likeness (QED) is 0.716. The van der Waals surface area contributed by atoms with Crippen LogP contribution in [0.5, 0.6) is 0 Å². The van der Waals surface area contributed by atoms with E-state index in [1.807, 2.05) is 6.07 Å². The van der Waals surface area contributed by atoms with E-state index in [1.165, 1.54) is 12.1 Å². The summed E-state index contributed by atoms with van der Waals surface area (Å²) in [5.74, 6) is -0.503. The van der Waals surface area contributed by atoms with Crippen molar-refractivity contribution in [2.45, 2.75) is 43.0 Å². The molecule has 3 rings (SSSR count). The van der Waals surface area contributed by atoms with E-state index in [9.17, 15) is 13.2 Å². The molecule has 2 N–H and O–H groups in total. The molecular formula is C19H20Cl2N2O3S. The topological polar surface area (TPSA) is 75.3 Å². The minimum Gasteiger partial charge on any atom is -0.322 e. The number of halogens is 2. The standard InChI is InChI=1S/C19H20Cl2N2O3S/c20-16-12-17(21)18(27(25,26)23-14-9-5-2-6-10-14)11-15(16)19(24)22-13-7-3-1-4-8-13/h1,3-4,7-8,11-12,14,23H,2,5-6,9-10H2,(H,22,24). The minimum absolute atomic E-state index is 0.0143. The highest BCUT2D eigenvalue weighted by atomic mass is 35.5. The summed E-state index contributed by atoms with van der Waals surface area (Å²) in [7, 11) is -3.86. The van der Waals surface area contributed by atoms with Gasteiger partial charge in [0.1, 0.15) is 4.90 Å². The van der Waals surface area contributed by atoms with Crippen molar-refractivity contribution >= 4 is 44.8 Å². The first-order valence-corrected chi connectivity index (χ1v) is 11.0. The summed E-state index contributed by atoms with van der Waals surface area (Å²) in [5, 5.41) is 2.77. The maximum absolute atomic E-state index is 12.8. The van der Waals surface area contributed by atoms with E-state index in [1.54, 1.807) is 24.3 Å². The summed E-state index contributed by atoms with van der Waals surface area (Å²) >= 11 is 12.3.